The van der Waals surface area contributed by atoms with E-state index in [0.29, 0.717) is 0 Å². The molecule has 6 heteroatoms. The van der Waals surface area contributed by atoms with Crippen LogP contribution >= 0.6 is 11.6 Å². The maximum absolute atomic E-state index is 13.1. The summed E-state index contributed by atoms with van der Waals surface area (Å²) < 4.78 is 49.4. The summed E-state index contributed by atoms with van der Waals surface area (Å²) in [7, 11) is 0. The molecule has 1 atom stereocenters. The van der Waals surface area contributed by atoms with Crippen molar-refractivity contribution in [3.8, 4) is 0 Å². The van der Waals surface area contributed by atoms with Crippen LogP contribution in [-0.2, 0) is 0 Å². The summed E-state index contributed by atoms with van der Waals surface area (Å²) in [5, 5.41) is -0.373. The zero-order valence-electron chi connectivity index (χ0n) is 6.78. The predicted octanol–water partition coefficient (Wildman–Crippen LogP) is 3.04. The summed E-state index contributed by atoms with van der Waals surface area (Å²) in [5.74, 6) is -1.13. The third-order valence-corrected chi connectivity index (χ3v) is 1.96. The molecule has 0 aromatic heterocycles. The number of nitrogens with two attached hydrogens (primary N) is 1. The monoisotopic (exact) mass is 227 g/mol. The molecule has 0 spiro atoms. The van der Waals surface area contributed by atoms with E-state index >= 15 is 0 Å². The molecule has 0 saturated carbocycles. The van der Waals surface area contributed by atoms with Gasteiger partial charge in [-0.15, -0.1) is 0 Å². The van der Waals surface area contributed by atoms with Gasteiger partial charge in [-0.2, -0.15) is 13.2 Å². The number of alkyl halides is 3. The molecule has 0 fully saturated rings. The summed E-state index contributed by atoms with van der Waals surface area (Å²) in [4.78, 5) is 0. The van der Waals surface area contributed by atoms with Crippen molar-refractivity contribution in [3.63, 3.8) is 0 Å². The Bertz CT molecular complexity index is 337. The Morgan fingerprint density at radius 3 is 2.36 bits per heavy atom. The maximum atomic E-state index is 13.1. The molecule has 1 aromatic carbocycles. The Morgan fingerprint density at radius 1 is 1.29 bits per heavy atom. The molecular formula is C8H6ClF4N. The van der Waals surface area contributed by atoms with Gasteiger partial charge in [0.05, 0.1) is 5.02 Å². The lowest BCUT2D eigenvalue weighted by atomic mass is 10.1. The maximum Gasteiger partial charge on any atom is 0.407 e. The average Bonchev–Trinajstić information content (AvgIpc) is 2.07. The van der Waals surface area contributed by atoms with Crippen molar-refractivity contribution in [2.75, 3.05) is 0 Å². The minimum atomic E-state index is -4.68. The molecule has 0 unspecified atom stereocenters. The molecule has 0 radical (unpaired) electrons. The largest absolute Gasteiger partial charge is 0.407 e. The van der Waals surface area contributed by atoms with E-state index in [1.165, 1.54) is 6.07 Å². The summed E-state index contributed by atoms with van der Waals surface area (Å²) >= 11 is 5.31. The van der Waals surface area contributed by atoms with E-state index in [0.717, 1.165) is 12.1 Å². The number of halogens is 5. The Morgan fingerprint density at radius 2 is 1.86 bits per heavy atom. The minimum absolute atomic E-state index is 0.373. The van der Waals surface area contributed by atoms with Crippen LogP contribution in [0.2, 0.25) is 5.02 Å². The van der Waals surface area contributed by atoms with E-state index in [1.807, 2.05) is 0 Å². The van der Waals surface area contributed by atoms with Crippen molar-refractivity contribution in [1.82, 2.24) is 0 Å². The summed E-state index contributed by atoms with van der Waals surface area (Å²) in [5.41, 5.74) is 4.17. The molecule has 78 valence electrons. The minimum Gasteiger partial charge on any atom is -0.316 e. The van der Waals surface area contributed by atoms with E-state index in [2.05, 4.69) is 0 Å². The molecule has 0 aliphatic heterocycles. The van der Waals surface area contributed by atoms with Crippen LogP contribution in [0.15, 0.2) is 18.2 Å². The number of hydrogen-bond acceptors (Lipinski definition) is 1. The average molecular weight is 228 g/mol. The zero-order valence-corrected chi connectivity index (χ0v) is 7.53. The van der Waals surface area contributed by atoms with Crippen LogP contribution in [0.3, 0.4) is 0 Å². The first-order valence-electron chi connectivity index (χ1n) is 3.60. The van der Waals surface area contributed by atoms with E-state index in [-0.39, 0.29) is 5.02 Å². The number of benzene rings is 1. The molecule has 0 aliphatic rings. The Hall–Kier alpha value is -0.810. The number of rotatable bonds is 1. The lowest BCUT2D eigenvalue weighted by Gasteiger charge is -2.16. The fourth-order valence-electron chi connectivity index (χ4n) is 0.937. The zero-order chi connectivity index (χ0) is 10.9. The van der Waals surface area contributed by atoms with Gasteiger partial charge in [0.15, 0.2) is 0 Å². The van der Waals surface area contributed by atoms with Gasteiger partial charge in [0.25, 0.3) is 0 Å². The second-order valence-electron chi connectivity index (χ2n) is 2.66. The van der Waals surface area contributed by atoms with Crippen LogP contribution in [0.1, 0.15) is 11.6 Å². The third-order valence-electron chi connectivity index (χ3n) is 1.67. The molecule has 0 aliphatic carbocycles. The van der Waals surface area contributed by atoms with Crippen LogP contribution < -0.4 is 5.73 Å². The molecule has 0 saturated heterocycles. The van der Waals surface area contributed by atoms with Crippen molar-refractivity contribution in [1.29, 1.82) is 0 Å². The van der Waals surface area contributed by atoms with Gasteiger partial charge in [-0.05, 0) is 6.07 Å². The predicted molar refractivity (Wildman–Crippen MR) is 44.4 cm³/mol. The highest BCUT2D eigenvalue weighted by Gasteiger charge is 2.39. The lowest BCUT2D eigenvalue weighted by molar-refractivity contribution is -0.149. The van der Waals surface area contributed by atoms with E-state index < -0.39 is 23.6 Å². The molecule has 0 bridgehead atoms. The molecule has 1 nitrogen and oxygen atoms in total. The van der Waals surface area contributed by atoms with Gasteiger partial charge in [-0.1, -0.05) is 23.7 Å². The van der Waals surface area contributed by atoms with E-state index in [1.54, 1.807) is 0 Å². The topological polar surface area (TPSA) is 26.0 Å². The molecule has 0 heterocycles. The van der Waals surface area contributed by atoms with Gasteiger partial charge in [-0.3, -0.25) is 0 Å². The first-order chi connectivity index (χ1) is 6.34. The lowest BCUT2D eigenvalue weighted by Crippen LogP contribution is -2.29. The molecule has 1 rings (SSSR count). The van der Waals surface area contributed by atoms with Crippen LogP contribution in [-0.4, -0.2) is 6.18 Å². The van der Waals surface area contributed by atoms with Gasteiger partial charge in [0, 0.05) is 5.56 Å². The standard InChI is InChI=1S/C8H6ClF4N/c9-5-3-1-2-4(6(5)10)7(14)8(11,12)13/h1-3,7H,14H2/t7-/m1/s1. The van der Waals surface area contributed by atoms with Crippen molar-refractivity contribution in [2.24, 2.45) is 5.73 Å². The van der Waals surface area contributed by atoms with E-state index in [9.17, 15) is 17.6 Å². The summed E-state index contributed by atoms with van der Waals surface area (Å²) in [6.45, 7) is 0. The fourth-order valence-corrected chi connectivity index (χ4v) is 1.12. The van der Waals surface area contributed by atoms with Crippen molar-refractivity contribution in [2.45, 2.75) is 12.2 Å². The van der Waals surface area contributed by atoms with Gasteiger partial charge < -0.3 is 5.73 Å². The molecule has 1 aromatic rings. The molecule has 0 amide bonds. The highest BCUT2D eigenvalue weighted by molar-refractivity contribution is 6.30. The Labute approximate surface area is 82.5 Å². The smallest absolute Gasteiger partial charge is 0.316 e. The third kappa shape index (κ3) is 2.16. The first-order valence-corrected chi connectivity index (χ1v) is 3.98. The first kappa shape index (κ1) is 11.3. The number of hydrogen-bond donors (Lipinski definition) is 1. The second-order valence-corrected chi connectivity index (χ2v) is 3.07. The van der Waals surface area contributed by atoms with Gasteiger partial charge in [0.2, 0.25) is 0 Å². The SMILES string of the molecule is N[C@H](c1cccc(Cl)c1F)C(F)(F)F. The van der Waals surface area contributed by atoms with Crippen LogP contribution in [0, 0.1) is 5.82 Å². The highest BCUT2D eigenvalue weighted by atomic mass is 35.5. The van der Waals surface area contributed by atoms with Gasteiger partial charge in [0.1, 0.15) is 11.9 Å². The quantitative estimate of drug-likeness (QED) is 0.734. The molecular weight excluding hydrogens is 222 g/mol. The highest BCUT2D eigenvalue weighted by Crippen LogP contribution is 2.33. The van der Waals surface area contributed by atoms with Crippen LogP contribution in [0.25, 0.3) is 0 Å². The van der Waals surface area contributed by atoms with Crippen LogP contribution in [0.4, 0.5) is 17.6 Å². The van der Waals surface area contributed by atoms with Crippen LogP contribution in [0.5, 0.6) is 0 Å². The van der Waals surface area contributed by atoms with Gasteiger partial charge >= 0.3 is 6.18 Å². The second kappa shape index (κ2) is 3.74. The van der Waals surface area contributed by atoms with Crippen molar-refractivity contribution in [3.05, 3.63) is 34.6 Å². The van der Waals surface area contributed by atoms with Gasteiger partial charge in [-0.25, -0.2) is 4.39 Å². The molecule has 2 N–H and O–H groups in total. The Kier molecular flexibility index (Phi) is 3.01. The molecule has 14 heavy (non-hydrogen) atoms. The Balaban J connectivity index is 3.14. The summed E-state index contributed by atoms with van der Waals surface area (Å²) in [6, 6.07) is 0.982. The van der Waals surface area contributed by atoms with E-state index in [4.69, 9.17) is 17.3 Å². The summed E-state index contributed by atoms with van der Waals surface area (Å²) in [6.07, 6.45) is -4.68. The fraction of sp³-hybridized carbons (Fsp3) is 0.250. The van der Waals surface area contributed by atoms with Crippen molar-refractivity contribution < 1.29 is 17.6 Å². The van der Waals surface area contributed by atoms with Crippen molar-refractivity contribution >= 4 is 11.6 Å². The normalized spacial score (nSPS) is 14.1.